The molecule has 0 bridgehead atoms. The highest BCUT2D eigenvalue weighted by Gasteiger charge is 2.40. The van der Waals surface area contributed by atoms with E-state index in [0.29, 0.717) is 6.42 Å². The first-order valence-corrected chi connectivity index (χ1v) is 4.26. The molecule has 1 aromatic carbocycles. The molecule has 2 N–H and O–H groups in total. The molecular weight excluding hydrogens is 166 g/mol. The van der Waals surface area contributed by atoms with Gasteiger partial charge in [0.1, 0.15) is 6.10 Å². The molecule has 2 unspecified atom stereocenters. The van der Waals surface area contributed by atoms with E-state index in [2.05, 4.69) is 0 Å². The Hall–Kier alpha value is -1.35. The van der Waals surface area contributed by atoms with E-state index in [-0.39, 0.29) is 18.1 Å². The number of primary amides is 1. The first-order valence-electron chi connectivity index (χ1n) is 4.26. The van der Waals surface area contributed by atoms with Crippen molar-refractivity contribution in [2.75, 3.05) is 0 Å². The van der Waals surface area contributed by atoms with Crippen molar-refractivity contribution in [3.8, 4) is 0 Å². The molecule has 2 rings (SSSR count). The molecule has 0 saturated carbocycles. The Balaban J connectivity index is 1.97. The predicted molar refractivity (Wildman–Crippen MR) is 47.9 cm³/mol. The minimum absolute atomic E-state index is 0.0000926. The average Bonchev–Trinajstić information content (AvgIpc) is 2.84. The van der Waals surface area contributed by atoms with Gasteiger partial charge in [0.2, 0.25) is 5.91 Å². The molecule has 1 saturated heterocycles. The van der Waals surface area contributed by atoms with Gasteiger partial charge in [-0.15, -0.1) is 0 Å². The third kappa shape index (κ3) is 1.87. The normalized spacial score (nSPS) is 25.5. The Morgan fingerprint density at radius 2 is 2.08 bits per heavy atom. The van der Waals surface area contributed by atoms with Crippen molar-refractivity contribution >= 4 is 5.91 Å². The van der Waals surface area contributed by atoms with Gasteiger partial charge in [-0.2, -0.15) is 0 Å². The van der Waals surface area contributed by atoms with E-state index in [1.807, 2.05) is 30.3 Å². The van der Waals surface area contributed by atoms with Crippen LogP contribution in [-0.2, 0) is 9.53 Å². The molecule has 0 aromatic heterocycles. The van der Waals surface area contributed by atoms with Crippen molar-refractivity contribution in [3.63, 3.8) is 0 Å². The zero-order valence-corrected chi connectivity index (χ0v) is 7.14. The third-order valence-corrected chi connectivity index (χ3v) is 2.11. The van der Waals surface area contributed by atoms with Crippen molar-refractivity contribution < 1.29 is 9.53 Å². The number of rotatable bonds is 3. The van der Waals surface area contributed by atoms with Crippen LogP contribution in [0.15, 0.2) is 30.3 Å². The lowest BCUT2D eigenvalue weighted by Gasteiger charge is -1.92. The molecule has 1 heterocycles. The molecule has 3 heteroatoms. The molecular formula is C10H11NO2. The Labute approximate surface area is 76.5 Å². The largest absolute Gasteiger partial charge is 0.370 e. The van der Waals surface area contributed by atoms with Gasteiger partial charge in [-0.05, 0) is 5.56 Å². The first-order chi connectivity index (χ1) is 6.27. The van der Waals surface area contributed by atoms with Crippen molar-refractivity contribution in [1.82, 2.24) is 0 Å². The van der Waals surface area contributed by atoms with Crippen LogP contribution in [-0.4, -0.2) is 12.0 Å². The lowest BCUT2D eigenvalue weighted by atomic mass is 10.1. The summed E-state index contributed by atoms with van der Waals surface area (Å²) >= 11 is 0. The summed E-state index contributed by atoms with van der Waals surface area (Å²) in [5, 5.41) is 0. The maximum absolute atomic E-state index is 10.6. The Bertz CT molecular complexity index is 310. The minimum atomic E-state index is -0.302. The zero-order valence-electron chi connectivity index (χ0n) is 7.14. The van der Waals surface area contributed by atoms with E-state index in [9.17, 15) is 4.79 Å². The molecule has 3 nitrogen and oxygen atoms in total. The number of carbonyl (C=O) groups excluding carboxylic acids is 1. The van der Waals surface area contributed by atoms with Crippen molar-refractivity contribution in [2.24, 2.45) is 5.73 Å². The second kappa shape index (κ2) is 3.18. The van der Waals surface area contributed by atoms with E-state index >= 15 is 0 Å². The van der Waals surface area contributed by atoms with Gasteiger partial charge in [0.15, 0.2) is 0 Å². The molecule has 1 aromatic rings. The monoisotopic (exact) mass is 177 g/mol. The van der Waals surface area contributed by atoms with E-state index in [1.165, 1.54) is 0 Å². The van der Waals surface area contributed by atoms with Crippen LogP contribution >= 0.6 is 0 Å². The van der Waals surface area contributed by atoms with Crippen molar-refractivity contribution in [2.45, 2.75) is 18.6 Å². The van der Waals surface area contributed by atoms with E-state index < -0.39 is 0 Å². The molecule has 0 aliphatic carbocycles. The summed E-state index contributed by atoms with van der Waals surface area (Å²) in [6, 6.07) is 9.85. The van der Waals surface area contributed by atoms with E-state index in [0.717, 1.165) is 5.56 Å². The highest BCUT2D eigenvalue weighted by atomic mass is 16.6. The molecule has 13 heavy (non-hydrogen) atoms. The summed E-state index contributed by atoms with van der Waals surface area (Å²) in [4.78, 5) is 10.6. The van der Waals surface area contributed by atoms with Crippen LogP contribution < -0.4 is 5.73 Å². The molecule has 1 aliphatic heterocycles. The molecule has 68 valence electrons. The molecule has 0 spiro atoms. The lowest BCUT2D eigenvalue weighted by molar-refractivity contribution is -0.118. The number of hydrogen-bond donors (Lipinski definition) is 1. The van der Waals surface area contributed by atoms with Gasteiger partial charge in [-0.1, -0.05) is 30.3 Å². The second-order valence-corrected chi connectivity index (χ2v) is 3.18. The number of carbonyl (C=O) groups is 1. The third-order valence-electron chi connectivity index (χ3n) is 2.11. The topological polar surface area (TPSA) is 55.6 Å². The van der Waals surface area contributed by atoms with Gasteiger partial charge in [0.25, 0.3) is 0 Å². The fourth-order valence-corrected chi connectivity index (χ4v) is 1.43. The minimum Gasteiger partial charge on any atom is -0.370 e. The molecule has 2 atom stereocenters. The highest BCUT2D eigenvalue weighted by molar-refractivity contribution is 5.74. The number of nitrogens with two attached hydrogens (primary N) is 1. The van der Waals surface area contributed by atoms with E-state index in [4.69, 9.17) is 10.5 Å². The van der Waals surface area contributed by atoms with Crippen LogP contribution in [0.4, 0.5) is 0 Å². The summed E-state index contributed by atoms with van der Waals surface area (Å²) in [5.41, 5.74) is 6.17. The maximum Gasteiger partial charge on any atom is 0.220 e. The Morgan fingerprint density at radius 1 is 1.38 bits per heavy atom. The average molecular weight is 177 g/mol. The van der Waals surface area contributed by atoms with Gasteiger partial charge in [-0.25, -0.2) is 0 Å². The standard InChI is InChI=1S/C10H11NO2/c11-9(12)6-8-10(13-8)7-4-2-1-3-5-7/h1-5,8,10H,6H2,(H2,11,12). The van der Waals surface area contributed by atoms with Crippen LogP contribution in [0.5, 0.6) is 0 Å². The van der Waals surface area contributed by atoms with Crippen LogP contribution in [0.25, 0.3) is 0 Å². The SMILES string of the molecule is NC(=O)CC1OC1c1ccccc1. The lowest BCUT2D eigenvalue weighted by Crippen LogP contribution is -2.13. The van der Waals surface area contributed by atoms with Crippen LogP contribution in [0, 0.1) is 0 Å². The van der Waals surface area contributed by atoms with Crippen LogP contribution in [0.3, 0.4) is 0 Å². The van der Waals surface area contributed by atoms with Gasteiger partial charge >= 0.3 is 0 Å². The van der Waals surface area contributed by atoms with Crippen molar-refractivity contribution in [1.29, 1.82) is 0 Å². The molecule has 1 amide bonds. The Morgan fingerprint density at radius 3 is 2.69 bits per heavy atom. The highest BCUT2D eigenvalue weighted by Crippen LogP contribution is 2.40. The Kier molecular flexibility index (Phi) is 2.02. The van der Waals surface area contributed by atoms with Crippen molar-refractivity contribution in [3.05, 3.63) is 35.9 Å². The molecule has 0 radical (unpaired) electrons. The zero-order chi connectivity index (χ0) is 9.26. The second-order valence-electron chi connectivity index (χ2n) is 3.18. The van der Waals surface area contributed by atoms with Gasteiger partial charge in [0, 0.05) is 0 Å². The number of amides is 1. The summed E-state index contributed by atoms with van der Waals surface area (Å²) < 4.78 is 5.31. The number of ether oxygens (including phenoxy) is 1. The van der Waals surface area contributed by atoms with Crippen LogP contribution in [0.2, 0.25) is 0 Å². The quantitative estimate of drug-likeness (QED) is 0.700. The fraction of sp³-hybridized carbons (Fsp3) is 0.300. The fourth-order valence-electron chi connectivity index (χ4n) is 1.43. The summed E-state index contributed by atoms with van der Waals surface area (Å²) in [6.07, 6.45) is 0.396. The molecule has 1 aliphatic rings. The number of benzene rings is 1. The first kappa shape index (κ1) is 8.26. The number of hydrogen-bond acceptors (Lipinski definition) is 2. The van der Waals surface area contributed by atoms with Crippen LogP contribution in [0.1, 0.15) is 18.1 Å². The van der Waals surface area contributed by atoms with E-state index in [1.54, 1.807) is 0 Å². The smallest absolute Gasteiger partial charge is 0.220 e. The summed E-state index contributed by atoms with van der Waals surface area (Å²) in [7, 11) is 0. The number of epoxide rings is 1. The summed E-state index contributed by atoms with van der Waals surface area (Å²) in [6.45, 7) is 0. The predicted octanol–water partition coefficient (Wildman–Crippen LogP) is 1.00. The van der Waals surface area contributed by atoms with Gasteiger partial charge in [-0.3, -0.25) is 4.79 Å². The van der Waals surface area contributed by atoms with Gasteiger partial charge in [0.05, 0.1) is 12.5 Å². The summed E-state index contributed by atoms with van der Waals surface area (Å²) in [5.74, 6) is -0.302. The molecule has 1 fully saturated rings. The maximum atomic E-state index is 10.6. The van der Waals surface area contributed by atoms with Gasteiger partial charge < -0.3 is 10.5 Å².